The van der Waals surface area contributed by atoms with E-state index in [1.54, 1.807) is 0 Å². The molecule has 1 atom stereocenters. The largest absolute Gasteiger partial charge is 0.462 e. The molecule has 0 saturated heterocycles. The maximum atomic E-state index is 13.1. The monoisotopic (exact) mass is 775 g/mol. The van der Waals surface area contributed by atoms with Crippen molar-refractivity contribution in [2.75, 3.05) is 46.0 Å². The molecule has 1 unspecified atom stereocenters. The molecular formula is C44H91N2O6P. The molecule has 0 bridgehead atoms. The van der Waals surface area contributed by atoms with Crippen LogP contribution in [0, 0.1) is 0 Å². The number of hydrogen-bond acceptors (Lipinski definition) is 7. The average Bonchev–Trinajstić information content (AvgIpc) is 3.14. The van der Waals surface area contributed by atoms with Gasteiger partial charge < -0.3 is 14.7 Å². The highest BCUT2D eigenvalue weighted by molar-refractivity contribution is 7.51. The van der Waals surface area contributed by atoms with Crippen molar-refractivity contribution in [2.24, 2.45) is 0 Å². The number of rotatable bonds is 44. The van der Waals surface area contributed by atoms with Crippen LogP contribution in [0.15, 0.2) is 0 Å². The van der Waals surface area contributed by atoms with Gasteiger partial charge in [0.1, 0.15) is 6.10 Å². The third kappa shape index (κ3) is 36.9. The van der Waals surface area contributed by atoms with Crippen LogP contribution in [-0.4, -0.2) is 68.1 Å². The van der Waals surface area contributed by atoms with Gasteiger partial charge in [-0.1, -0.05) is 149 Å². The van der Waals surface area contributed by atoms with E-state index in [9.17, 15) is 14.5 Å². The first-order chi connectivity index (χ1) is 25.9. The van der Waals surface area contributed by atoms with Crippen molar-refractivity contribution >= 4 is 13.7 Å². The fourth-order valence-corrected chi connectivity index (χ4v) is 8.39. The van der Waals surface area contributed by atoms with Gasteiger partial charge in [-0.05, 0) is 84.2 Å². The normalized spacial score (nSPS) is 13.0. The maximum absolute atomic E-state index is 13.1. The van der Waals surface area contributed by atoms with Crippen molar-refractivity contribution < 1.29 is 28.3 Å². The summed E-state index contributed by atoms with van der Waals surface area (Å²) in [5.74, 6) is 0.00209. The zero-order valence-corrected chi connectivity index (χ0v) is 36.7. The number of unbranched alkanes of at least 4 members (excludes halogenated alkanes) is 23. The summed E-state index contributed by atoms with van der Waals surface area (Å²) in [6, 6.07) is 0. The second-order valence-corrected chi connectivity index (χ2v) is 17.3. The van der Waals surface area contributed by atoms with Gasteiger partial charge in [0, 0.05) is 19.5 Å². The summed E-state index contributed by atoms with van der Waals surface area (Å²) in [5.41, 5.74) is 0. The van der Waals surface area contributed by atoms with Gasteiger partial charge in [0.05, 0.1) is 19.8 Å². The Hall–Kier alpha value is -0.500. The minimum atomic E-state index is -3.24. The lowest BCUT2D eigenvalue weighted by Crippen LogP contribution is -2.29. The van der Waals surface area contributed by atoms with Crippen LogP contribution in [0.4, 0.5) is 0 Å². The first-order valence-electron chi connectivity index (χ1n) is 23.1. The number of carbonyl (C=O) groups excluding carboxylic acids is 1. The zero-order chi connectivity index (χ0) is 38.9. The second kappa shape index (κ2) is 41.1. The molecule has 0 spiro atoms. The van der Waals surface area contributed by atoms with Gasteiger partial charge in [-0.25, -0.2) is 9.65 Å². The van der Waals surface area contributed by atoms with Crippen LogP contribution in [0.1, 0.15) is 227 Å². The van der Waals surface area contributed by atoms with Crippen LogP contribution >= 0.6 is 7.75 Å². The summed E-state index contributed by atoms with van der Waals surface area (Å²) in [7, 11) is -3.24. The Morgan fingerprint density at radius 3 is 1.53 bits per heavy atom. The van der Waals surface area contributed by atoms with Gasteiger partial charge in [0.25, 0.3) is 0 Å². The summed E-state index contributed by atoms with van der Waals surface area (Å²) >= 11 is 0. The molecule has 318 valence electrons. The molecule has 0 heterocycles. The number of nitrogens with zero attached hydrogens (tertiary/aromatic N) is 1. The Balaban J connectivity index is 4.16. The molecule has 0 rings (SSSR count). The van der Waals surface area contributed by atoms with Crippen LogP contribution in [0.25, 0.3) is 0 Å². The number of hydrogen-bond donors (Lipinski definition) is 2. The van der Waals surface area contributed by atoms with Crippen molar-refractivity contribution in [3.63, 3.8) is 0 Å². The molecule has 0 amide bonds. The van der Waals surface area contributed by atoms with Crippen molar-refractivity contribution in [3.05, 3.63) is 0 Å². The molecule has 0 saturated carbocycles. The number of aliphatic hydroxyl groups is 1. The van der Waals surface area contributed by atoms with E-state index in [0.29, 0.717) is 32.7 Å². The summed E-state index contributed by atoms with van der Waals surface area (Å²) in [6.45, 7) is 12.9. The molecule has 0 aromatic rings. The van der Waals surface area contributed by atoms with Crippen LogP contribution < -0.4 is 5.09 Å². The molecule has 53 heavy (non-hydrogen) atoms. The van der Waals surface area contributed by atoms with E-state index in [1.165, 1.54) is 116 Å². The highest BCUT2D eigenvalue weighted by Crippen LogP contribution is 2.43. The Morgan fingerprint density at radius 2 is 1.02 bits per heavy atom. The Labute approximate surface area is 330 Å². The molecule has 0 aromatic carbocycles. The molecule has 2 N–H and O–H groups in total. The summed E-state index contributed by atoms with van der Waals surface area (Å²) < 4.78 is 30.3. The van der Waals surface area contributed by atoms with Crippen LogP contribution in [0.3, 0.4) is 0 Å². The molecular weight excluding hydrogens is 683 g/mol. The van der Waals surface area contributed by atoms with E-state index in [2.05, 4.69) is 30.8 Å². The van der Waals surface area contributed by atoms with Gasteiger partial charge >= 0.3 is 13.7 Å². The highest BCUT2D eigenvalue weighted by atomic mass is 31.2. The quantitative estimate of drug-likeness (QED) is 0.0359. The molecule has 0 aliphatic rings. The third-order valence-corrected chi connectivity index (χ3v) is 12.1. The maximum Gasteiger partial charge on any atom is 0.405 e. The van der Waals surface area contributed by atoms with Gasteiger partial charge in [0.2, 0.25) is 0 Å². The minimum Gasteiger partial charge on any atom is -0.462 e. The zero-order valence-electron chi connectivity index (χ0n) is 35.8. The summed E-state index contributed by atoms with van der Waals surface area (Å²) in [6.07, 6.45) is 36.1. The smallest absolute Gasteiger partial charge is 0.405 e. The number of nitrogens with one attached hydrogen (secondary N) is 1. The van der Waals surface area contributed by atoms with Crippen molar-refractivity contribution in [1.29, 1.82) is 0 Å². The number of carbonyl (C=O) groups is 1. The molecule has 0 radical (unpaired) electrons. The van der Waals surface area contributed by atoms with E-state index in [0.717, 1.165) is 90.1 Å². The molecule has 0 fully saturated rings. The van der Waals surface area contributed by atoms with Gasteiger partial charge in [-0.3, -0.25) is 13.8 Å². The lowest BCUT2D eigenvalue weighted by molar-refractivity contribution is -0.150. The van der Waals surface area contributed by atoms with E-state index in [1.807, 2.05) is 6.92 Å². The van der Waals surface area contributed by atoms with E-state index >= 15 is 0 Å². The van der Waals surface area contributed by atoms with Crippen molar-refractivity contribution in [2.45, 2.75) is 233 Å². The Kier molecular flexibility index (Phi) is 40.8. The molecule has 0 aliphatic heterocycles. The number of aliphatic hydroxyl groups excluding tert-OH is 1. The molecule has 8 nitrogen and oxygen atoms in total. The van der Waals surface area contributed by atoms with Crippen molar-refractivity contribution in [1.82, 2.24) is 9.99 Å². The fraction of sp³-hybridized carbons (Fsp3) is 0.977. The number of esters is 1. The summed E-state index contributed by atoms with van der Waals surface area (Å²) in [5, 5.41) is 12.7. The predicted molar refractivity (Wildman–Crippen MR) is 227 cm³/mol. The lowest BCUT2D eigenvalue weighted by atomic mass is 10.0. The fourth-order valence-electron chi connectivity index (χ4n) is 7.00. The lowest BCUT2D eigenvalue weighted by Gasteiger charge is -2.21. The Bertz CT molecular complexity index is 788. The first kappa shape index (κ1) is 52.5. The molecule has 9 heteroatoms. The molecule has 0 aromatic heterocycles. The topological polar surface area (TPSA) is 97.3 Å². The Morgan fingerprint density at radius 1 is 0.566 bits per heavy atom. The molecule has 0 aliphatic carbocycles. The van der Waals surface area contributed by atoms with Crippen LogP contribution in [0.2, 0.25) is 0 Å². The van der Waals surface area contributed by atoms with Crippen molar-refractivity contribution in [3.8, 4) is 0 Å². The van der Waals surface area contributed by atoms with E-state index in [-0.39, 0.29) is 18.7 Å². The summed E-state index contributed by atoms with van der Waals surface area (Å²) in [4.78, 5) is 15.1. The highest BCUT2D eigenvalue weighted by Gasteiger charge is 2.23. The number of ether oxygens (including phenoxy) is 1. The van der Waals surface area contributed by atoms with E-state index in [4.69, 9.17) is 13.8 Å². The van der Waals surface area contributed by atoms with Crippen LogP contribution in [0.5, 0.6) is 0 Å². The minimum absolute atomic E-state index is 0.00209. The second-order valence-electron chi connectivity index (χ2n) is 15.5. The van der Waals surface area contributed by atoms with Gasteiger partial charge in [-0.15, -0.1) is 0 Å². The van der Waals surface area contributed by atoms with Gasteiger partial charge in [0.15, 0.2) is 0 Å². The SMILES string of the molecule is CCCCCCCCCCNP(=O)(OCC)OCCCCCN(CCO)CCCCCCCC(=O)OC(CCCCCCCC)CCCCCCCC. The van der Waals surface area contributed by atoms with E-state index < -0.39 is 7.75 Å². The van der Waals surface area contributed by atoms with Gasteiger partial charge in [-0.2, -0.15) is 0 Å². The third-order valence-electron chi connectivity index (χ3n) is 10.3. The standard InChI is InChI=1S/C44H91N2O6P/c1-5-9-12-15-18-19-24-30-37-45-53(49,50-8-4)51-42-33-26-32-39-46(40-41-47)38-31-25-20-23-29-36-44(48)52-43(34-27-21-16-13-10-6-2)35-28-22-17-14-11-7-3/h43,47H,5-42H2,1-4H3,(H,45,49). The average molecular weight is 775 g/mol. The first-order valence-corrected chi connectivity index (χ1v) is 24.7. The predicted octanol–water partition coefficient (Wildman–Crippen LogP) is 13.1. The van der Waals surface area contributed by atoms with Crippen LogP contribution in [-0.2, 0) is 23.1 Å².